The molecule has 0 unspecified atom stereocenters. The molecule has 34 heavy (non-hydrogen) atoms. The van der Waals surface area contributed by atoms with E-state index in [-0.39, 0.29) is 6.09 Å². The summed E-state index contributed by atoms with van der Waals surface area (Å²) in [6.45, 7) is 13.7. The molecular weight excluding hydrogens is 422 g/mol. The van der Waals surface area contributed by atoms with E-state index in [2.05, 4.69) is 71.3 Å². The molecule has 0 N–H and O–H groups in total. The highest BCUT2D eigenvalue weighted by atomic mass is 16.6. The van der Waals surface area contributed by atoms with Crippen LogP contribution in [0.4, 0.5) is 4.79 Å². The molecule has 5 heteroatoms. The van der Waals surface area contributed by atoms with E-state index in [1.807, 2.05) is 20.8 Å². The Bertz CT molecular complexity index is 1070. The molecule has 1 amide bonds. The summed E-state index contributed by atoms with van der Waals surface area (Å²) in [5.41, 5.74) is 6.52. The Labute approximate surface area is 204 Å². The van der Waals surface area contributed by atoms with Crippen molar-refractivity contribution in [3.05, 3.63) is 76.9 Å². The van der Waals surface area contributed by atoms with Gasteiger partial charge >= 0.3 is 6.09 Å². The Hall–Kier alpha value is -2.63. The summed E-state index contributed by atoms with van der Waals surface area (Å²) in [6.07, 6.45) is 2.84. The number of carbonyl (C=O) groups excluding carboxylic acids is 1. The zero-order valence-electron chi connectivity index (χ0n) is 21.0. The second-order valence-electron chi connectivity index (χ2n) is 11.0. The van der Waals surface area contributed by atoms with Crippen LogP contribution < -0.4 is 0 Å². The van der Waals surface area contributed by atoms with Gasteiger partial charge in [0, 0.05) is 51.4 Å². The van der Waals surface area contributed by atoms with Gasteiger partial charge in [0.05, 0.1) is 0 Å². The lowest BCUT2D eigenvalue weighted by Gasteiger charge is -2.42. The van der Waals surface area contributed by atoms with E-state index in [0.29, 0.717) is 25.2 Å². The maximum atomic E-state index is 12.4. The van der Waals surface area contributed by atoms with Crippen LogP contribution >= 0.6 is 0 Å². The van der Waals surface area contributed by atoms with Crippen molar-refractivity contribution < 1.29 is 9.53 Å². The first-order valence-corrected chi connectivity index (χ1v) is 12.6. The average molecular weight is 460 g/mol. The quantitative estimate of drug-likeness (QED) is 0.610. The predicted octanol–water partition coefficient (Wildman–Crippen LogP) is 5.47. The molecule has 0 radical (unpaired) electrons. The third kappa shape index (κ3) is 4.91. The lowest BCUT2D eigenvalue weighted by atomic mass is 9.94. The normalized spacial score (nSPS) is 23.3. The van der Waals surface area contributed by atoms with Crippen LogP contribution in [0.5, 0.6) is 0 Å². The number of ether oxygens (including phenoxy) is 1. The number of benzene rings is 2. The van der Waals surface area contributed by atoms with E-state index >= 15 is 0 Å². The van der Waals surface area contributed by atoms with E-state index in [1.54, 1.807) is 4.90 Å². The van der Waals surface area contributed by atoms with Crippen LogP contribution in [0.3, 0.4) is 0 Å². The van der Waals surface area contributed by atoms with Crippen LogP contribution in [0.25, 0.3) is 5.57 Å². The van der Waals surface area contributed by atoms with Crippen LogP contribution in [0, 0.1) is 0 Å². The van der Waals surface area contributed by atoms with Gasteiger partial charge in [-0.2, -0.15) is 0 Å². The summed E-state index contributed by atoms with van der Waals surface area (Å²) in [7, 11) is 0. The molecule has 0 aromatic heterocycles. The van der Waals surface area contributed by atoms with Crippen LogP contribution in [-0.2, 0) is 17.8 Å². The molecule has 0 bridgehead atoms. The van der Waals surface area contributed by atoms with Crippen molar-refractivity contribution in [1.82, 2.24) is 14.7 Å². The molecule has 0 saturated carbocycles. The SMILES string of the molecule is C[C@@H]1CN(Cc2ccccc2)C[C@@H]2c3ccc(C4=CCN(C(=O)OC(C)(C)C)CC4)cc3CN12. The third-order valence-corrected chi connectivity index (χ3v) is 7.26. The number of nitrogens with zero attached hydrogens (tertiary/aromatic N) is 3. The summed E-state index contributed by atoms with van der Waals surface area (Å²) in [4.78, 5) is 19.5. The highest BCUT2D eigenvalue weighted by molar-refractivity contribution is 5.73. The summed E-state index contributed by atoms with van der Waals surface area (Å²) in [5.74, 6) is 0. The molecule has 5 rings (SSSR count). The Balaban J connectivity index is 1.28. The van der Waals surface area contributed by atoms with Crippen molar-refractivity contribution >= 4 is 11.7 Å². The molecule has 180 valence electrons. The Morgan fingerprint density at radius 3 is 2.59 bits per heavy atom. The second kappa shape index (κ2) is 9.20. The number of hydrogen-bond donors (Lipinski definition) is 0. The highest BCUT2D eigenvalue weighted by Gasteiger charge is 2.38. The Morgan fingerprint density at radius 1 is 1.09 bits per heavy atom. The van der Waals surface area contributed by atoms with E-state index in [0.717, 1.165) is 32.6 Å². The van der Waals surface area contributed by atoms with Crippen LogP contribution in [0.1, 0.15) is 62.4 Å². The minimum atomic E-state index is -0.457. The maximum absolute atomic E-state index is 12.4. The number of rotatable bonds is 3. The fourth-order valence-corrected chi connectivity index (χ4v) is 5.61. The second-order valence-corrected chi connectivity index (χ2v) is 11.0. The van der Waals surface area contributed by atoms with Gasteiger partial charge in [-0.25, -0.2) is 4.79 Å². The van der Waals surface area contributed by atoms with Gasteiger partial charge in [0.2, 0.25) is 0 Å². The fraction of sp³-hybridized carbons (Fsp3) is 0.483. The van der Waals surface area contributed by atoms with Gasteiger partial charge in [-0.1, -0.05) is 48.5 Å². The van der Waals surface area contributed by atoms with E-state index in [9.17, 15) is 4.79 Å². The zero-order chi connectivity index (χ0) is 23.9. The zero-order valence-corrected chi connectivity index (χ0v) is 21.0. The lowest BCUT2D eigenvalue weighted by molar-refractivity contribution is 0.0270. The molecule has 3 aliphatic heterocycles. The molecule has 5 nitrogen and oxygen atoms in total. The number of piperazine rings is 1. The number of hydrogen-bond acceptors (Lipinski definition) is 4. The van der Waals surface area contributed by atoms with E-state index in [4.69, 9.17) is 4.74 Å². The van der Waals surface area contributed by atoms with Gasteiger partial charge in [-0.05, 0) is 68.0 Å². The smallest absolute Gasteiger partial charge is 0.410 e. The molecule has 0 aliphatic carbocycles. The predicted molar refractivity (Wildman–Crippen MR) is 136 cm³/mol. The van der Waals surface area contributed by atoms with Crippen LogP contribution in [0.2, 0.25) is 0 Å². The third-order valence-electron chi connectivity index (χ3n) is 7.26. The Kier molecular flexibility index (Phi) is 6.26. The minimum Gasteiger partial charge on any atom is -0.444 e. The van der Waals surface area contributed by atoms with Gasteiger partial charge in [-0.3, -0.25) is 9.80 Å². The molecule has 0 spiro atoms. The minimum absolute atomic E-state index is 0.220. The average Bonchev–Trinajstić information content (AvgIpc) is 3.17. The van der Waals surface area contributed by atoms with Gasteiger partial charge in [-0.15, -0.1) is 0 Å². The molecule has 2 aromatic carbocycles. The first-order valence-electron chi connectivity index (χ1n) is 12.6. The molecule has 1 fully saturated rings. The lowest BCUT2D eigenvalue weighted by Crippen LogP contribution is -2.50. The number of amides is 1. The molecular formula is C29H37N3O2. The maximum Gasteiger partial charge on any atom is 0.410 e. The van der Waals surface area contributed by atoms with Gasteiger partial charge < -0.3 is 9.64 Å². The summed E-state index contributed by atoms with van der Waals surface area (Å²) in [6, 6.07) is 18.9. The summed E-state index contributed by atoms with van der Waals surface area (Å²) >= 11 is 0. The Morgan fingerprint density at radius 2 is 1.88 bits per heavy atom. The first-order chi connectivity index (χ1) is 16.3. The van der Waals surface area contributed by atoms with E-state index in [1.165, 1.54) is 27.8 Å². The van der Waals surface area contributed by atoms with Gasteiger partial charge in [0.15, 0.2) is 0 Å². The van der Waals surface area contributed by atoms with Gasteiger partial charge in [0.25, 0.3) is 0 Å². The number of fused-ring (bicyclic) bond motifs is 3. The molecule has 2 aromatic rings. The topological polar surface area (TPSA) is 36.0 Å². The van der Waals surface area contributed by atoms with Crippen molar-refractivity contribution in [2.75, 3.05) is 26.2 Å². The molecule has 1 saturated heterocycles. The van der Waals surface area contributed by atoms with Crippen molar-refractivity contribution in [1.29, 1.82) is 0 Å². The van der Waals surface area contributed by atoms with E-state index < -0.39 is 5.60 Å². The summed E-state index contributed by atoms with van der Waals surface area (Å²) in [5, 5.41) is 0. The van der Waals surface area contributed by atoms with Crippen molar-refractivity contribution in [2.45, 2.75) is 64.9 Å². The number of carbonyl (C=O) groups is 1. The first kappa shape index (κ1) is 23.1. The fourth-order valence-electron chi connectivity index (χ4n) is 5.61. The van der Waals surface area contributed by atoms with Crippen molar-refractivity contribution in [3.63, 3.8) is 0 Å². The molecule has 3 heterocycles. The van der Waals surface area contributed by atoms with Crippen molar-refractivity contribution in [2.24, 2.45) is 0 Å². The monoisotopic (exact) mass is 459 g/mol. The molecule has 2 atom stereocenters. The summed E-state index contributed by atoms with van der Waals surface area (Å²) < 4.78 is 5.54. The molecule has 3 aliphatic rings. The van der Waals surface area contributed by atoms with Crippen LogP contribution in [-0.4, -0.2) is 58.6 Å². The standard InChI is InChI=1S/C29H37N3O2/c1-21-17-30(18-22-8-6-5-7-9-22)20-27-26-11-10-24(16-25(26)19-32(21)27)23-12-14-31(15-13-23)28(33)34-29(2,3)4/h5-12,16,21,27H,13-15,17-20H2,1-4H3/t21-,27-/m1/s1. The highest BCUT2D eigenvalue weighted by Crippen LogP contribution is 2.40. The van der Waals surface area contributed by atoms with Gasteiger partial charge in [0.1, 0.15) is 5.60 Å². The van der Waals surface area contributed by atoms with Crippen LogP contribution in [0.15, 0.2) is 54.6 Å². The largest absolute Gasteiger partial charge is 0.444 e. The van der Waals surface area contributed by atoms with Crippen molar-refractivity contribution in [3.8, 4) is 0 Å².